The molecule has 0 spiro atoms. The molecule has 0 aliphatic carbocycles. The second kappa shape index (κ2) is 6.58. The topological polar surface area (TPSA) is 144 Å². The summed E-state index contributed by atoms with van der Waals surface area (Å²) >= 11 is 0. The summed E-state index contributed by atoms with van der Waals surface area (Å²) < 4.78 is 10.5. The average Bonchev–Trinajstić information content (AvgIpc) is 1.12. The molecule has 0 bridgehead atoms. The smallest absolute Gasteiger partial charge is 0.794 e. The number of halogens is 1. The van der Waals surface area contributed by atoms with Gasteiger partial charge in [0.1, 0.15) is 0 Å². The molecule has 64 valence electrons. The molecule has 0 fully saturated rings. The van der Waals surface area contributed by atoms with Gasteiger partial charge in [-0.1, -0.05) is 0 Å². The van der Waals surface area contributed by atoms with Gasteiger partial charge in [-0.3, -0.25) is 0 Å². The first kappa shape index (κ1) is 18.0. The minimum Gasteiger partial charge on any atom is -0.794 e. The summed E-state index contributed by atoms with van der Waals surface area (Å²) in [5.74, 6) is 0. The van der Waals surface area contributed by atoms with E-state index in [9.17, 15) is 4.11 Å². The molecule has 0 rings (SSSR count). The van der Waals surface area contributed by atoms with Gasteiger partial charge in [0, 0.05) is 0 Å². The van der Waals surface area contributed by atoms with E-state index in [2.05, 4.69) is 0 Å². The van der Waals surface area contributed by atoms with Crippen molar-refractivity contribution in [1.29, 1.82) is 0 Å². The van der Waals surface area contributed by atoms with Gasteiger partial charge in [0.05, 0.1) is 0 Å². The van der Waals surface area contributed by atoms with E-state index in [1.54, 1.807) is 0 Å². The first-order chi connectivity index (χ1) is 4.00. The molecular weight excluding hydrogens is 210 g/mol. The predicted molar refractivity (Wildman–Crippen MR) is 25.9 cm³/mol. The first-order valence-electron chi connectivity index (χ1n) is 1.73. The quantitative estimate of drug-likeness (QED) is 0.174. The van der Waals surface area contributed by atoms with Crippen LogP contribution in [0.3, 0.4) is 0 Å². The van der Waals surface area contributed by atoms with Gasteiger partial charge in [-0.05, 0) is 0 Å². The van der Waals surface area contributed by atoms with Crippen molar-refractivity contribution < 1.29 is 67.2 Å². The average molecular weight is 216 g/mol. The molecule has 0 saturated carbocycles. The molecule has 11 heavy (non-hydrogen) atoms. The van der Waals surface area contributed by atoms with Crippen LogP contribution < -0.4 is 34.4 Å². The van der Waals surface area contributed by atoms with Crippen LogP contribution in [0.1, 0.15) is 0 Å². The van der Waals surface area contributed by atoms with Gasteiger partial charge in [-0.15, -0.1) is 0 Å². The molecule has 11 heteroatoms. The Bertz CT molecular complexity index is 59.4. The number of hydrogen-bond donors (Lipinski definition) is 6. The summed E-state index contributed by atoms with van der Waals surface area (Å²) in [5, 5.41) is 0. The molecule has 0 atom stereocenters. The molecular formula is H6FNaO7Si2. The molecule has 0 amide bonds. The Kier molecular flexibility index (Phi) is 10.8. The Morgan fingerprint density at radius 2 is 0.909 bits per heavy atom. The summed E-state index contributed by atoms with van der Waals surface area (Å²) in [4.78, 5) is 51.9. The van der Waals surface area contributed by atoms with Crippen LogP contribution in [0.25, 0.3) is 0 Å². The minimum absolute atomic E-state index is 0. The fourth-order valence-electron chi connectivity index (χ4n) is 0. The summed E-state index contributed by atoms with van der Waals surface area (Å²) in [5.41, 5.74) is 0. The standard InChI is InChI=1S/FH3O3Si.Na.H3O4Si/c1-5(2,3)4;;1-5(2,3)4/h2-4H;;1-3H/q;+1;-1. The molecule has 7 nitrogen and oxygen atoms in total. The van der Waals surface area contributed by atoms with E-state index in [1.165, 1.54) is 0 Å². The van der Waals surface area contributed by atoms with E-state index in [0.29, 0.717) is 0 Å². The SMILES string of the molecule is O[Si](O)(O)F.[Na+].[O-][Si](O)(O)O. The summed E-state index contributed by atoms with van der Waals surface area (Å²) in [6, 6.07) is 0. The van der Waals surface area contributed by atoms with Crippen molar-refractivity contribution in [3.8, 4) is 0 Å². The monoisotopic (exact) mass is 216 g/mol. The number of hydrogen-bond acceptors (Lipinski definition) is 7. The molecule has 0 unspecified atom stereocenters. The van der Waals surface area contributed by atoms with Gasteiger partial charge in [-0.25, -0.2) is 4.11 Å². The molecule has 0 aromatic heterocycles. The van der Waals surface area contributed by atoms with Crippen molar-refractivity contribution in [2.75, 3.05) is 0 Å². The Morgan fingerprint density at radius 3 is 0.909 bits per heavy atom. The summed E-state index contributed by atoms with van der Waals surface area (Å²) in [6.07, 6.45) is 0. The molecule has 0 heterocycles. The predicted octanol–water partition coefficient (Wildman–Crippen LogP) is -7.87. The van der Waals surface area contributed by atoms with E-state index in [0.717, 1.165) is 0 Å². The molecule has 0 aromatic carbocycles. The van der Waals surface area contributed by atoms with Crippen molar-refractivity contribution in [3.63, 3.8) is 0 Å². The maximum absolute atomic E-state index is 10.5. The van der Waals surface area contributed by atoms with Gasteiger partial charge < -0.3 is 33.6 Å². The van der Waals surface area contributed by atoms with Crippen LogP contribution in [-0.2, 0) is 0 Å². The zero-order valence-electron chi connectivity index (χ0n) is 5.47. The van der Waals surface area contributed by atoms with Crippen LogP contribution in [0.15, 0.2) is 0 Å². The largest absolute Gasteiger partial charge is 1.00 e. The van der Waals surface area contributed by atoms with Crippen molar-refractivity contribution >= 4 is 18.2 Å². The Balaban J connectivity index is -0.000000107. The van der Waals surface area contributed by atoms with Crippen molar-refractivity contribution in [2.45, 2.75) is 0 Å². The van der Waals surface area contributed by atoms with E-state index in [-0.39, 0.29) is 29.6 Å². The summed E-state index contributed by atoms with van der Waals surface area (Å²) in [6.45, 7) is 0. The fourth-order valence-corrected chi connectivity index (χ4v) is 0. The normalized spacial score (nSPS) is 10.9. The zero-order chi connectivity index (χ0) is 9.00. The molecule has 0 aliphatic rings. The van der Waals surface area contributed by atoms with Crippen molar-refractivity contribution in [3.05, 3.63) is 0 Å². The molecule has 0 radical (unpaired) electrons. The first-order valence-corrected chi connectivity index (χ1v) is 5.20. The number of rotatable bonds is 0. The van der Waals surface area contributed by atoms with E-state index in [4.69, 9.17) is 33.6 Å². The molecule has 6 N–H and O–H groups in total. The minimum atomic E-state index is -5.11. The van der Waals surface area contributed by atoms with Gasteiger partial charge in [0.2, 0.25) is 0 Å². The van der Waals surface area contributed by atoms with Crippen molar-refractivity contribution in [1.82, 2.24) is 0 Å². The van der Waals surface area contributed by atoms with E-state index in [1.807, 2.05) is 0 Å². The Hall–Kier alpha value is 1.08. The van der Waals surface area contributed by atoms with Crippen LogP contribution in [-0.4, -0.2) is 47.0 Å². The Morgan fingerprint density at radius 1 is 0.909 bits per heavy atom. The third-order valence-corrected chi connectivity index (χ3v) is 0. The van der Waals surface area contributed by atoms with Gasteiger partial charge >= 0.3 is 47.7 Å². The zero-order valence-corrected chi connectivity index (χ0v) is 9.47. The van der Waals surface area contributed by atoms with Crippen LogP contribution in [0, 0.1) is 0 Å². The molecule has 0 aliphatic heterocycles. The van der Waals surface area contributed by atoms with Crippen LogP contribution in [0.2, 0.25) is 0 Å². The molecule has 0 saturated heterocycles. The van der Waals surface area contributed by atoms with Gasteiger partial charge in [-0.2, -0.15) is 0 Å². The third-order valence-electron chi connectivity index (χ3n) is 0. The summed E-state index contributed by atoms with van der Waals surface area (Å²) in [7, 11) is -9.97. The third kappa shape index (κ3) is 779. The Labute approximate surface area is 85.3 Å². The van der Waals surface area contributed by atoms with Crippen LogP contribution in [0.5, 0.6) is 0 Å². The second-order valence-corrected chi connectivity index (χ2v) is 3.38. The maximum Gasteiger partial charge on any atom is 1.00 e. The van der Waals surface area contributed by atoms with Crippen LogP contribution in [0.4, 0.5) is 4.11 Å². The molecule has 0 aromatic rings. The fraction of sp³-hybridized carbons (Fsp3) is 0. The van der Waals surface area contributed by atoms with Crippen molar-refractivity contribution in [2.24, 2.45) is 0 Å². The van der Waals surface area contributed by atoms with E-state index < -0.39 is 18.2 Å². The van der Waals surface area contributed by atoms with Crippen LogP contribution >= 0.6 is 0 Å². The second-order valence-electron chi connectivity index (χ2n) is 1.13. The maximum atomic E-state index is 10.5. The van der Waals surface area contributed by atoms with E-state index >= 15 is 0 Å². The van der Waals surface area contributed by atoms with Gasteiger partial charge in [0.25, 0.3) is 0 Å². The van der Waals surface area contributed by atoms with Gasteiger partial charge in [0.15, 0.2) is 0 Å².